The van der Waals surface area contributed by atoms with Gasteiger partial charge in [0.2, 0.25) is 0 Å². The Balaban J connectivity index is 1.85. The summed E-state index contributed by atoms with van der Waals surface area (Å²) in [4.78, 5) is 29.5. The van der Waals surface area contributed by atoms with Gasteiger partial charge < -0.3 is 20.3 Å². The van der Waals surface area contributed by atoms with Gasteiger partial charge >= 0.3 is 0 Å². The number of carbonyl (C=O) groups is 2. The molecular weight excluding hydrogens is 436 g/mol. The number of nitrogens with one attached hydrogen (secondary N) is 2. The number of aromatic hydroxyl groups is 1. The van der Waals surface area contributed by atoms with Gasteiger partial charge in [-0.3, -0.25) is 14.6 Å². The predicted molar refractivity (Wildman–Crippen MR) is 127 cm³/mol. The van der Waals surface area contributed by atoms with E-state index in [0.29, 0.717) is 28.1 Å². The minimum absolute atomic E-state index is 0.0475. The fraction of sp³-hybridized carbons (Fsp3) is 0.120. The number of ether oxygens (including phenoxy) is 1. The average Bonchev–Trinajstić information content (AvgIpc) is 2.87. The molecule has 2 aromatic carbocycles. The van der Waals surface area contributed by atoms with Gasteiger partial charge in [0.15, 0.2) is 0 Å². The molecule has 0 fully saturated rings. The molecule has 0 saturated carbocycles. The van der Waals surface area contributed by atoms with Crippen LogP contribution in [0.2, 0.25) is 0 Å². The fourth-order valence-electron chi connectivity index (χ4n) is 2.95. The monoisotopic (exact) mass is 460 g/mol. The largest absolute Gasteiger partial charge is 0.505 e. The minimum Gasteiger partial charge on any atom is -0.505 e. The lowest BCUT2D eigenvalue weighted by molar-refractivity contribution is -0.117. The summed E-state index contributed by atoms with van der Waals surface area (Å²) in [5.74, 6) is -0.666. The van der Waals surface area contributed by atoms with Crippen LogP contribution in [0.25, 0.3) is 6.08 Å². The van der Waals surface area contributed by atoms with Crippen LogP contribution in [0.1, 0.15) is 32.7 Å². The smallest absolute Gasteiger partial charge is 0.287 e. The summed E-state index contributed by atoms with van der Waals surface area (Å²) in [6, 6.07) is 15.4. The van der Waals surface area contributed by atoms with E-state index in [0.717, 1.165) is 0 Å². The predicted octanol–water partition coefficient (Wildman–Crippen LogP) is 2.52. The molecule has 34 heavy (non-hydrogen) atoms. The van der Waals surface area contributed by atoms with Gasteiger partial charge in [0.1, 0.15) is 17.2 Å². The standard InChI is InChI=1S/C25H24N4O5/c1-16-23(31)21(19(15-30)13-26-16)14-27-29-25(33)22(12-17-8-10-20(34-2)11-9-17)28-24(32)18-6-4-3-5-7-18/h3-14,30-31H,15H2,1-2H3,(H,28,32)(H,29,33)/b22-12-,27-14+. The van der Waals surface area contributed by atoms with Crippen LogP contribution in [0.15, 0.2) is 71.6 Å². The number of aromatic nitrogens is 1. The summed E-state index contributed by atoms with van der Waals surface area (Å²) in [6.07, 6.45) is 4.11. The first-order chi connectivity index (χ1) is 16.4. The van der Waals surface area contributed by atoms with Crippen molar-refractivity contribution in [1.82, 2.24) is 15.7 Å². The number of amides is 2. The van der Waals surface area contributed by atoms with E-state index in [4.69, 9.17) is 4.74 Å². The SMILES string of the molecule is COc1ccc(/C=C(\NC(=O)c2ccccc2)C(=O)N/N=C/c2c(CO)cnc(C)c2O)cc1. The van der Waals surface area contributed by atoms with Crippen LogP contribution in [-0.4, -0.2) is 40.3 Å². The van der Waals surface area contributed by atoms with Gasteiger partial charge in [-0.2, -0.15) is 5.10 Å². The van der Waals surface area contributed by atoms with Crippen molar-refractivity contribution in [2.45, 2.75) is 13.5 Å². The third-order valence-corrected chi connectivity index (χ3v) is 4.84. The van der Waals surface area contributed by atoms with Crippen LogP contribution in [0.5, 0.6) is 11.5 Å². The molecule has 0 saturated heterocycles. The molecule has 0 aliphatic heterocycles. The van der Waals surface area contributed by atoms with E-state index in [-0.39, 0.29) is 23.6 Å². The van der Waals surface area contributed by atoms with E-state index in [9.17, 15) is 19.8 Å². The van der Waals surface area contributed by atoms with Crippen LogP contribution in [0, 0.1) is 6.92 Å². The van der Waals surface area contributed by atoms with Gasteiger partial charge in [-0.25, -0.2) is 5.43 Å². The number of aryl methyl sites for hydroxylation is 1. The van der Waals surface area contributed by atoms with Gasteiger partial charge in [0.25, 0.3) is 11.8 Å². The first kappa shape index (κ1) is 24.1. The number of rotatable bonds is 8. The number of pyridine rings is 1. The van der Waals surface area contributed by atoms with Crippen molar-refractivity contribution in [2.75, 3.05) is 7.11 Å². The van der Waals surface area contributed by atoms with E-state index in [1.54, 1.807) is 68.6 Å². The highest BCUT2D eigenvalue weighted by molar-refractivity contribution is 6.05. The van der Waals surface area contributed by atoms with Crippen molar-refractivity contribution in [1.29, 1.82) is 0 Å². The molecule has 174 valence electrons. The molecule has 0 radical (unpaired) electrons. The number of carbonyl (C=O) groups excluding carboxylic acids is 2. The molecule has 3 aromatic rings. The molecule has 0 bridgehead atoms. The third-order valence-electron chi connectivity index (χ3n) is 4.84. The van der Waals surface area contributed by atoms with Gasteiger partial charge in [-0.15, -0.1) is 0 Å². The van der Waals surface area contributed by atoms with E-state index in [2.05, 4.69) is 20.8 Å². The van der Waals surface area contributed by atoms with E-state index in [1.807, 2.05) is 0 Å². The second-order valence-electron chi connectivity index (χ2n) is 7.14. The molecule has 4 N–H and O–H groups in total. The molecular formula is C25H24N4O5. The molecule has 0 atom stereocenters. The van der Waals surface area contributed by atoms with Crippen molar-refractivity contribution in [3.8, 4) is 11.5 Å². The van der Waals surface area contributed by atoms with E-state index < -0.39 is 11.8 Å². The average molecular weight is 460 g/mol. The lowest BCUT2D eigenvalue weighted by atomic mass is 10.1. The normalized spacial score (nSPS) is 11.3. The molecule has 9 nitrogen and oxygen atoms in total. The Hall–Kier alpha value is -4.50. The molecule has 1 heterocycles. The number of nitrogens with zero attached hydrogens (tertiary/aromatic N) is 2. The second kappa shape index (κ2) is 11.4. The summed E-state index contributed by atoms with van der Waals surface area (Å²) in [6.45, 7) is 1.23. The molecule has 2 amide bonds. The summed E-state index contributed by atoms with van der Waals surface area (Å²) in [5.41, 5.74) is 4.23. The van der Waals surface area contributed by atoms with E-state index in [1.165, 1.54) is 18.5 Å². The van der Waals surface area contributed by atoms with Crippen molar-refractivity contribution in [3.63, 3.8) is 0 Å². The van der Waals surface area contributed by atoms with Crippen LogP contribution in [-0.2, 0) is 11.4 Å². The Morgan fingerprint density at radius 1 is 1.12 bits per heavy atom. The molecule has 1 aromatic heterocycles. The summed E-state index contributed by atoms with van der Waals surface area (Å²) in [5, 5.41) is 26.2. The van der Waals surface area contributed by atoms with Gasteiger partial charge in [-0.1, -0.05) is 30.3 Å². The van der Waals surface area contributed by atoms with Crippen molar-refractivity contribution >= 4 is 24.1 Å². The zero-order valence-electron chi connectivity index (χ0n) is 18.6. The Morgan fingerprint density at radius 2 is 1.82 bits per heavy atom. The zero-order chi connectivity index (χ0) is 24.5. The van der Waals surface area contributed by atoms with Gasteiger partial charge in [-0.05, 0) is 42.8 Å². The number of hydrazone groups is 1. The van der Waals surface area contributed by atoms with Crippen molar-refractivity contribution < 1.29 is 24.5 Å². The topological polar surface area (TPSA) is 133 Å². The van der Waals surface area contributed by atoms with Crippen molar-refractivity contribution in [3.05, 3.63) is 94.4 Å². The maximum Gasteiger partial charge on any atom is 0.287 e. The quantitative estimate of drug-likeness (QED) is 0.232. The number of methoxy groups -OCH3 is 1. The highest BCUT2D eigenvalue weighted by atomic mass is 16.5. The zero-order valence-corrected chi connectivity index (χ0v) is 18.6. The van der Waals surface area contributed by atoms with Crippen LogP contribution in [0.4, 0.5) is 0 Å². The molecule has 0 unspecified atom stereocenters. The maximum atomic E-state index is 12.9. The van der Waals surface area contributed by atoms with Crippen LogP contribution >= 0.6 is 0 Å². The molecule has 0 spiro atoms. The fourth-order valence-corrected chi connectivity index (χ4v) is 2.95. The number of aliphatic hydroxyl groups excluding tert-OH is 1. The molecule has 3 rings (SSSR count). The molecule has 0 aliphatic rings. The first-order valence-corrected chi connectivity index (χ1v) is 10.3. The number of benzene rings is 2. The van der Waals surface area contributed by atoms with Crippen LogP contribution in [0.3, 0.4) is 0 Å². The highest BCUT2D eigenvalue weighted by Gasteiger charge is 2.15. The van der Waals surface area contributed by atoms with Crippen molar-refractivity contribution in [2.24, 2.45) is 5.10 Å². The summed E-state index contributed by atoms with van der Waals surface area (Å²) < 4.78 is 5.14. The van der Waals surface area contributed by atoms with Gasteiger partial charge in [0, 0.05) is 22.9 Å². The van der Waals surface area contributed by atoms with E-state index >= 15 is 0 Å². The third kappa shape index (κ3) is 6.05. The number of aliphatic hydroxyl groups is 1. The lowest BCUT2D eigenvalue weighted by Crippen LogP contribution is -2.32. The number of hydrogen-bond acceptors (Lipinski definition) is 7. The molecule has 9 heteroatoms. The molecule has 0 aliphatic carbocycles. The Morgan fingerprint density at radius 3 is 2.47 bits per heavy atom. The highest BCUT2D eigenvalue weighted by Crippen LogP contribution is 2.21. The summed E-state index contributed by atoms with van der Waals surface area (Å²) in [7, 11) is 1.55. The summed E-state index contributed by atoms with van der Waals surface area (Å²) >= 11 is 0. The lowest BCUT2D eigenvalue weighted by Gasteiger charge is -2.10. The van der Waals surface area contributed by atoms with Crippen LogP contribution < -0.4 is 15.5 Å². The first-order valence-electron chi connectivity index (χ1n) is 10.3. The number of hydrogen-bond donors (Lipinski definition) is 4. The maximum absolute atomic E-state index is 12.9. The van der Waals surface area contributed by atoms with Gasteiger partial charge in [0.05, 0.1) is 25.6 Å². The second-order valence-corrected chi connectivity index (χ2v) is 7.14. The Kier molecular flexibility index (Phi) is 8.09. The Bertz CT molecular complexity index is 1220. The Labute approximate surface area is 196 Å². The minimum atomic E-state index is -0.688.